The van der Waals surface area contributed by atoms with Crippen molar-refractivity contribution in [3.8, 4) is 0 Å². The van der Waals surface area contributed by atoms with Gasteiger partial charge < -0.3 is 14.0 Å². The summed E-state index contributed by atoms with van der Waals surface area (Å²) >= 11 is -1.22. The Balaban J connectivity index is 1.51. The second-order valence-corrected chi connectivity index (χ2v) is 10.9. The molecule has 0 amide bonds. The Hall–Kier alpha value is -1.97. The van der Waals surface area contributed by atoms with Crippen LogP contribution in [0.3, 0.4) is 0 Å². The van der Waals surface area contributed by atoms with Gasteiger partial charge in [-0.3, -0.25) is 10.1 Å². The molecule has 2 fully saturated rings. The number of nitrogens with zero attached hydrogens (tertiary/aromatic N) is 1. The van der Waals surface area contributed by atoms with Crippen LogP contribution in [0.4, 0.5) is 4.39 Å². The molecule has 0 spiro atoms. The molecule has 0 aromatic heterocycles. The number of benzene rings is 2. The summed E-state index contributed by atoms with van der Waals surface area (Å²) < 4.78 is 41.3. The van der Waals surface area contributed by atoms with Crippen LogP contribution in [0.5, 0.6) is 0 Å². The van der Waals surface area contributed by atoms with Crippen LogP contribution in [0.25, 0.3) is 0 Å². The molecule has 1 N–H and O–H groups in total. The molecular weight excluding hydrogens is 467 g/mol. The fourth-order valence-electron chi connectivity index (χ4n) is 5.06. The van der Waals surface area contributed by atoms with Gasteiger partial charge in [0.05, 0.1) is 13.2 Å². The van der Waals surface area contributed by atoms with Gasteiger partial charge in [-0.2, -0.15) is 0 Å². The average molecular weight is 503 g/mol. The summed E-state index contributed by atoms with van der Waals surface area (Å²) in [6.45, 7) is 5.89. The van der Waals surface area contributed by atoms with Crippen LogP contribution in [0, 0.1) is 5.82 Å². The molecule has 0 aliphatic carbocycles. The van der Waals surface area contributed by atoms with Crippen molar-refractivity contribution in [2.45, 2.75) is 62.9 Å². The maximum Gasteiger partial charge on any atom is 0.322 e. The van der Waals surface area contributed by atoms with E-state index in [9.17, 15) is 9.35 Å². The van der Waals surface area contributed by atoms with Crippen LogP contribution >= 0.6 is 0 Å². The van der Waals surface area contributed by atoms with E-state index in [2.05, 4.69) is 5.32 Å². The van der Waals surface area contributed by atoms with E-state index < -0.39 is 22.9 Å². The molecule has 0 bridgehead atoms. The van der Waals surface area contributed by atoms with Gasteiger partial charge in [0.1, 0.15) is 11.9 Å². The highest BCUT2D eigenvalue weighted by Crippen LogP contribution is 2.37. The SMILES string of the molecule is CCOC(=O)[C@@H](C)NC1(c2ccc(CN3CCC[C@H](c4ccccc4)[S+]3[O-])c(F)c2)CCOCC1. The predicted molar refractivity (Wildman–Crippen MR) is 134 cm³/mol. The molecule has 35 heavy (non-hydrogen) atoms. The first-order chi connectivity index (χ1) is 16.9. The van der Waals surface area contributed by atoms with Gasteiger partial charge in [-0.05, 0) is 44.7 Å². The van der Waals surface area contributed by atoms with E-state index in [1.807, 2.05) is 40.7 Å². The number of halogens is 1. The molecule has 6 nitrogen and oxygen atoms in total. The summed E-state index contributed by atoms with van der Waals surface area (Å²) in [5.74, 6) is -0.645. The highest BCUT2D eigenvalue weighted by atomic mass is 32.2. The quantitative estimate of drug-likeness (QED) is 0.427. The lowest BCUT2D eigenvalue weighted by molar-refractivity contribution is -0.146. The molecule has 0 radical (unpaired) electrons. The fraction of sp³-hybridized carbons (Fsp3) is 0.519. The number of carbonyl (C=O) groups is 1. The average Bonchev–Trinajstić information content (AvgIpc) is 2.87. The summed E-state index contributed by atoms with van der Waals surface area (Å²) in [5.41, 5.74) is 1.81. The molecule has 190 valence electrons. The maximum atomic E-state index is 15.4. The number of nitrogens with one attached hydrogen (secondary N) is 1. The third kappa shape index (κ3) is 6.06. The highest BCUT2D eigenvalue weighted by Gasteiger charge is 2.39. The monoisotopic (exact) mass is 502 g/mol. The van der Waals surface area contributed by atoms with Crippen molar-refractivity contribution in [1.82, 2.24) is 9.62 Å². The van der Waals surface area contributed by atoms with Crippen LogP contribution in [0.2, 0.25) is 0 Å². The number of esters is 1. The van der Waals surface area contributed by atoms with Gasteiger partial charge >= 0.3 is 5.97 Å². The lowest BCUT2D eigenvalue weighted by Crippen LogP contribution is -2.53. The van der Waals surface area contributed by atoms with Gasteiger partial charge in [0, 0.05) is 54.2 Å². The van der Waals surface area contributed by atoms with Crippen LogP contribution in [-0.2, 0) is 37.7 Å². The van der Waals surface area contributed by atoms with Crippen LogP contribution in [-0.4, -0.2) is 47.2 Å². The number of rotatable bonds is 8. The molecular formula is C27H35FN2O4S. The maximum absolute atomic E-state index is 15.4. The molecule has 4 rings (SSSR count). The summed E-state index contributed by atoms with van der Waals surface area (Å²) in [6, 6.07) is 14.7. The van der Waals surface area contributed by atoms with E-state index in [-0.39, 0.29) is 17.0 Å². The van der Waals surface area contributed by atoms with Crippen molar-refractivity contribution in [3.05, 3.63) is 71.0 Å². The first-order valence-electron chi connectivity index (χ1n) is 12.4. The van der Waals surface area contributed by atoms with Gasteiger partial charge in [-0.25, -0.2) is 4.39 Å². The smallest absolute Gasteiger partial charge is 0.322 e. The Morgan fingerprint density at radius 3 is 2.71 bits per heavy atom. The normalized spacial score (nSPS) is 23.5. The lowest BCUT2D eigenvalue weighted by Gasteiger charge is -2.40. The number of carbonyl (C=O) groups excluding carboxylic acids is 1. The van der Waals surface area contributed by atoms with Gasteiger partial charge in [0.25, 0.3) is 0 Å². The van der Waals surface area contributed by atoms with Crippen LogP contribution < -0.4 is 5.32 Å². The minimum absolute atomic E-state index is 0.0636. The molecule has 8 heteroatoms. The summed E-state index contributed by atoms with van der Waals surface area (Å²) in [4.78, 5) is 12.3. The molecule has 2 saturated heterocycles. The predicted octanol–water partition coefficient (Wildman–Crippen LogP) is 4.37. The van der Waals surface area contributed by atoms with E-state index in [0.717, 1.165) is 24.0 Å². The van der Waals surface area contributed by atoms with Crippen molar-refractivity contribution in [2.24, 2.45) is 0 Å². The van der Waals surface area contributed by atoms with Gasteiger partial charge in [0.2, 0.25) is 0 Å². The zero-order chi connectivity index (χ0) is 24.8. The van der Waals surface area contributed by atoms with Crippen molar-refractivity contribution in [1.29, 1.82) is 0 Å². The first kappa shape index (κ1) is 26.1. The summed E-state index contributed by atoms with van der Waals surface area (Å²) in [7, 11) is 0. The molecule has 1 unspecified atom stereocenters. The number of ether oxygens (including phenoxy) is 2. The van der Waals surface area contributed by atoms with E-state index in [4.69, 9.17) is 9.47 Å². The van der Waals surface area contributed by atoms with Crippen LogP contribution in [0.1, 0.15) is 61.5 Å². The van der Waals surface area contributed by atoms with E-state index in [1.165, 1.54) is 0 Å². The Kier molecular flexibility index (Phi) is 8.83. The Morgan fingerprint density at radius 2 is 2.03 bits per heavy atom. The Morgan fingerprint density at radius 1 is 1.29 bits per heavy atom. The Bertz CT molecular complexity index is 986. The fourth-order valence-corrected chi connectivity index (χ4v) is 6.75. The van der Waals surface area contributed by atoms with Gasteiger partial charge in [0.15, 0.2) is 5.25 Å². The number of hydrogen-bond acceptors (Lipinski definition) is 6. The van der Waals surface area contributed by atoms with E-state index in [0.29, 0.717) is 51.3 Å². The van der Waals surface area contributed by atoms with Crippen molar-refractivity contribution < 1.29 is 23.2 Å². The molecule has 3 atom stereocenters. The minimum Gasteiger partial charge on any atom is -0.597 e. The Labute approximate surface area is 210 Å². The zero-order valence-corrected chi connectivity index (χ0v) is 21.3. The van der Waals surface area contributed by atoms with E-state index >= 15 is 4.39 Å². The largest absolute Gasteiger partial charge is 0.597 e. The number of hydrogen-bond donors (Lipinski definition) is 1. The van der Waals surface area contributed by atoms with Gasteiger partial charge in [-0.15, -0.1) is 4.31 Å². The highest BCUT2D eigenvalue weighted by molar-refractivity contribution is 7.89. The van der Waals surface area contributed by atoms with Crippen molar-refractivity contribution in [3.63, 3.8) is 0 Å². The van der Waals surface area contributed by atoms with Crippen molar-refractivity contribution in [2.75, 3.05) is 26.4 Å². The zero-order valence-electron chi connectivity index (χ0n) is 20.5. The van der Waals surface area contributed by atoms with E-state index in [1.54, 1.807) is 26.0 Å². The third-order valence-corrected chi connectivity index (χ3v) is 8.79. The molecule has 0 saturated carbocycles. The second kappa shape index (κ2) is 11.8. The molecule has 2 aromatic carbocycles. The lowest BCUT2D eigenvalue weighted by atomic mass is 9.81. The van der Waals surface area contributed by atoms with Gasteiger partial charge in [-0.1, -0.05) is 42.5 Å². The molecule has 2 aliphatic heterocycles. The standard InChI is InChI=1S/C27H35FN2O4S/c1-3-34-26(31)20(2)29-27(13-16-33-17-14-27)23-12-11-22(24(28)18-23)19-30-15-7-10-25(35(30)32)21-8-5-4-6-9-21/h4-6,8-9,11-12,18,20,25,29H,3,7,10,13-17,19H2,1-2H3/t20-,25-,35?/m1/s1. The topological polar surface area (TPSA) is 73.9 Å². The third-order valence-electron chi connectivity index (χ3n) is 6.97. The second-order valence-electron chi connectivity index (χ2n) is 9.30. The minimum atomic E-state index is -1.22. The van der Waals surface area contributed by atoms with Crippen molar-refractivity contribution >= 4 is 17.3 Å². The molecule has 2 aromatic rings. The summed E-state index contributed by atoms with van der Waals surface area (Å²) in [6.07, 6.45) is 3.04. The molecule has 2 aliphatic rings. The first-order valence-corrected chi connectivity index (χ1v) is 13.6. The summed E-state index contributed by atoms with van der Waals surface area (Å²) in [5, 5.41) is 3.35. The molecule has 2 heterocycles. The van der Waals surface area contributed by atoms with Crippen LogP contribution in [0.15, 0.2) is 48.5 Å².